The smallest absolute Gasteiger partial charge is 0.228 e. The van der Waals surface area contributed by atoms with Gasteiger partial charge in [-0.2, -0.15) is 5.10 Å². The summed E-state index contributed by atoms with van der Waals surface area (Å²) < 4.78 is 0. The van der Waals surface area contributed by atoms with Crippen molar-refractivity contribution in [1.82, 2.24) is 25.1 Å². The summed E-state index contributed by atoms with van der Waals surface area (Å²) in [6, 6.07) is 13.2. The first kappa shape index (κ1) is 19.3. The van der Waals surface area contributed by atoms with Crippen molar-refractivity contribution in [2.24, 2.45) is 0 Å². The number of carbonyl (C=O) groups excluding carboxylic acids is 1. The average molecular weight is 396 g/mol. The molecule has 148 valence electrons. The molecule has 4 rings (SSSR count). The zero-order valence-corrected chi connectivity index (χ0v) is 16.7. The summed E-state index contributed by atoms with van der Waals surface area (Å²) in [6.45, 7) is 3.95. The minimum atomic E-state index is -0.127. The van der Waals surface area contributed by atoms with Gasteiger partial charge in [0.15, 0.2) is 0 Å². The van der Waals surface area contributed by atoms with Crippen molar-refractivity contribution in [2.45, 2.75) is 20.3 Å². The van der Waals surface area contributed by atoms with Crippen LogP contribution in [-0.4, -0.2) is 31.1 Å². The Hall–Kier alpha value is -4.00. The molecule has 0 spiro atoms. The molecule has 0 aliphatic rings. The van der Waals surface area contributed by atoms with Crippen LogP contribution in [0.3, 0.4) is 0 Å². The standard InChI is InChI=1S/C23H20N6O/c1-15-10-17(13-26-23(15)18-7-9-24-16(2)11-18)12-22(30)28-19-5-6-20(25-14-19)21-4-3-8-27-29-21/h3-11,13-14H,12H2,1-2H3,(H,28,30). The van der Waals surface area contributed by atoms with Crippen LogP contribution < -0.4 is 5.32 Å². The Balaban J connectivity index is 1.42. The molecule has 0 fully saturated rings. The normalized spacial score (nSPS) is 10.6. The fourth-order valence-corrected chi connectivity index (χ4v) is 3.17. The Kier molecular flexibility index (Phi) is 5.52. The van der Waals surface area contributed by atoms with Crippen molar-refractivity contribution in [1.29, 1.82) is 0 Å². The van der Waals surface area contributed by atoms with E-state index in [0.29, 0.717) is 17.1 Å². The number of pyridine rings is 3. The van der Waals surface area contributed by atoms with Gasteiger partial charge in [-0.05, 0) is 61.4 Å². The second-order valence-electron chi connectivity index (χ2n) is 6.96. The second kappa shape index (κ2) is 8.57. The van der Waals surface area contributed by atoms with Crippen molar-refractivity contribution in [3.8, 4) is 22.6 Å². The van der Waals surface area contributed by atoms with Crippen LogP contribution in [0.1, 0.15) is 16.8 Å². The van der Waals surface area contributed by atoms with Crippen LogP contribution >= 0.6 is 0 Å². The van der Waals surface area contributed by atoms with Gasteiger partial charge in [0.2, 0.25) is 5.91 Å². The predicted molar refractivity (Wildman–Crippen MR) is 115 cm³/mol. The first-order valence-electron chi connectivity index (χ1n) is 9.51. The molecule has 0 aliphatic carbocycles. The number of nitrogens with one attached hydrogen (secondary N) is 1. The molecule has 1 N–H and O–H groups in total. The van der Waals surface area contributed by atoms with E-state index in [2.05, 4.69) is 30.5 Å². The predicted octanol–water partition coefficient (Wildman–Crippen LogP) is 3.79. The zero-order valence-electron chi connectivity index (χ0n) is 16.7. The van der Waals surface area contributed by atoms with E-state index in [1.54, 1.807) is 43.0 Å². The molecule has 0 saturated heterocycles. The number of rotatable bonds is 5. The van der Waals surface area contributed by atoms with E-state index in [9.17, 15) is 4.79 Å². The number of nitrogens with zero attached hydrogens (tertiary/aromatic N) is 5. The summed E-state index contributed by atoms with van der Waals surface area (Å²) in [5.41, 5.74) is 6.73. The van der Waals surface area contributed by atoms with Gasteiger partial charge < -0.3 is 5.32 Å². The van der Waals surface area contributed by atoms with Crippen LogP contribution in [0.25, 0.3) is 22.6 Å². The third-order valence-corrected chi connectivity index (χ3v) is 4.55. The highest BCUT2D eigenvalue weighted by Gasteiger charge is 2.10. The molecular weight excluding hydrogens is 376 g/mol. The minimum absolute atomic E-state index is 0.127. The Morgan fingerprint density at radius 3 is 2.53 bits per heavy atom. The maximum absolute atomic E-state index is 12.5. The van der Waals surface area contributed by atoms with E-state index >= 15 is 0 Å². The Morgan fingerprint density at radius 2 is 1.83 bits per heavy atom. The van der Waals surface area contributed by atoms with Gasteiger partial charge in [0, 0.05) is 29.8 Å². The maximum atomic E-state index is 12.5. The lowest BCUT2D eigenvalue weighted by molar-refractivity contribution is -0.115. The Bertz CT molecular complexity index is 1180. The van der Waals surface area contributed by atoms with Gasteiger partial charge in [0.1, 0.15) is 5.69 Å². The van der Waals surface area contributed by atoms with E-state index in [1.807, 2.05) is 38.1 Å². The van der Waals surface area contributed by atoms with Gasteiger partial charge in [0.25, 0.3) is 0 Å². The number of anilines is 1. The summed E-state index contributed by atoms with van der Waals surface area (Å²) >= 11 is 0. The van der Waals surface area contributed by atoms with Crippen molar-refractivity contribution in [2.75, 3.05) is 5.32 Å². The largest absolute Gasteiger partial charge is 0.324 e. The lowest BCUT2D eigenvalue weighted by Crippen LogP contribution is -2.15. The second-order valence-corrected chi connectivity index (χ2v) is 6.96. The van der Waals surface area contributed by atoms with Crippen LogP contribution in [0.15, 0.2) is 67.3 Å². The van der Waals surface area contributed by atoms with E-state index in [1.165, 1.54) is 0 Å². The molecule has 0 unspecified atom stereocenters. The molecule has 0 atom stereocenters. The van der Waals surface area contributed by atoms with Gasteiger partial charge in [-0.1, -0.05) is 6.07 Å². The molecule has 30 heavy (non-hydrogen) atoms. The fraction of sp³-hybridized carbons (Fsp3) is 0.130. The van der Waals surface area contributed by atoms with Gasteiger partial charge >= 0.3 is 0 Å². The van der Waals surface area contributed by atoms with Crippen LogP contribution in [0.5, 0.6) is 0 Å². The first-order valence-corrected chi connectivity index (χ1v) is 9.51. The molecule has 7 heteroatoms. The van der Waals surface area contributed by atoms with Crippen molar-refractivity contribution in [3.63, 3.8) is 0 Å². The van der Waals surface area contributed by atoms with Gasteiger partial charge in [-0.15, -0.1) is 5.10 Å². The molecule has 4 aromatic heterocycles. The molecule has 0 aromatic carbocycles. The Morgan fingerprint density at radius 1 is 0.933 bits per heavy atom. The summed E-state index contributed by atoms with van der Waals surface area (Å²) in [6.07, 6.45) is 6.97. The summed E-state index contributed by atoms with van der Waals surface area (Å²) in [7, 11) is 0. The van der Waals surface area contributed by atoms with Gasteiger partial charge in [-0.25, -0.2) is 0 Å². The lowest BCUT2D eigenvalue weighted by Gasteiger charge is -2.09. The van der Waals surface area contributed by atoms with Crippen molar-refractivity contribution < 1.29 is 4.79 Å². The number of amides is 1. The molecule has 0 bridgehead atoms. The van der Waals surface area contributed by atoms with E-state index in [-0.39, 0.29) is 12.3 Å². The Labute approximate surface area is 174 Å². The van der Waals surface area contributed by atoms with E-state index < -0.39 is 0 Å². The number of hydrogen-bond acceptors (Lipinski definition) is 6. The molecule has 7 nitrogen and oxygen atoms in total. The van der Waals surface area contributed by atoms with Crippen molar-refractivity contribution >= 4 is 11.6 Å². The molecule has 0 saturated carbocycles. The highest BCUT2D eigenvalue weighted by Crippen LogP contribution is 2.22. The fourth-order valence-electron chi connectivity index (χ4n) is 3.17. The van der Waals surface area contributed by atoms with Crippen LogP contribution in [0.2, 0.25) is 0 Å². The molecule has 1 amide bonds. The summed E-state index contributed by atoms with van der Waals surface area (Å²) in [5, 5.41) is 10.7. The minimum Gasteiger partial charge on any atom is -0.324 e. The number of carbonyl (C=O) groups is 1. The summed E-state index contributed by atoms with van der Waals surface area (Å²) in [5.74, 6) is -0.127. The zero-order chi connectivity index (χ0) is 20.9. The lowest BCUT2D eigenvalue weighted by atomic mass is 10.0. The number of aryl methyl sites for hydroxylation is 2. The van der Waals surface area contributed by atoms with E-state index in [4.69, 9.17) is 0 Å². The highest BCUT2D eigenvalue weighted by molar-refractivity contribution is 5.92. The maximum Gasteiger partial charge on any atom is 0.228 e. The van der Waals surface area contributed by atoms with Crippen LogP contribution in [-0.2, 0) is 11.2 Å². The number of hydrogen-bond donors (Lipinski definition) is 1. The van der Waals surface area contributed by atoms with Gasteiger partial charge in [0.05, 0.1) is 29.7 Å². The quantitative estimate of drug-likeness (QED) is 0.552. The molecular formula is C23H20N6O. The van der Waals surface area contributed by atoms with Crippen molar-refractivity contribution in [3.05, 3.63) is 84.1 Å². The monoisotopic (exact) mass is 396 g/mol. The van der Waals surface area contributed by atoms with E-state index in [0.717, 1.165) is 28.1 Å². The third kappa shape index (κ3) is 4.52. The molecule has 0 radical (unpaired) electrons. The SMILES string of the molecule is Cc1cc(-c2ncc(CC(=O)Nc3ccc(-c4cccnn4)nc3)cc2C)ccn1. The van der Waals surface area contributed by atoms with Gasteiger partial charge in [-0.3, -0.25) is 19.7 Å². The average Bonchev–Trinajstić information content (AvgIpc) is 2.75. The topological polar surface area (TPSA) is 93.6 Å². The molecule has 0 aliphatic heterocycles. The van der Waals surface area contributed by atoms with Crippen LogP contribution in [0, 0.1) is 13.8 Å². The number of aromatic nitrogens is 5. The highest BCUT2D eigenvalue weighted by atomic mass is 16.1. The first-order chi connectivity index (χ1) is 14.6. The summed E-state index contributed by atoms with van der Waals surface area (Å²) in [4.78, 5) is 25.6. The molecule has 4 heterocycles. The van der Waals surface area contributed by atoms with Crippen LogP contribution in [0.4, 0.5) is 5.69 Å². The third-order valence-electron chi connectivity index (χ3n) is 4.55. The molecule has 4 aromatic rings.